The molecule has 1 fully saturated rings. The molecule has 5 heteroatoms. The maximum atomic E-state index is 12.3. The molecule has 3 rings (SSSR count). The number of nitrogens with one attached hydrogen (secondary N) is 2. The minimum Gasteiger partial charge on any atom is -0.323 e. The van der Waals surface area contributed by atoms with E-state index >= 15 is 0 Å². The van der Waals surface area contributed by atoms with Gasteiger partial charge in [0.05, 0.1) is 18.4 Å². The number of hydrogen-bond acceptors (Lipinski definition) is 3. The van der Waals surface area contributed by atoms with Gasteiger partial charge in [0.1, 0.15) is 0 Å². The van der Waals surface area contributed by atoms with E-state index in [1.165, 1.54) is 18.4 Å². The third-order valence-corrected chi connectivity index (χ3v) is 4.75. The molecule has 2 unspecified atom stereocenters. The first-order chi connectivity index (χ1) is 11.7. The summed E-state index contributed by atoms with van der Waals surface area (Å²) in [5.74, 6) is 1.08. The van der Waals surface area contributed by atoms with Crippen molar-refractivity contribution in [1.82, 2.24) is 15.1 Å². The van der Waals surface area contributed by atoms with Gasteiger partial charge in [0.25, 0.3) is 0 Å². The van der Waals surface area contributed by atoms with Gasteiger partial charge in [-0.15, -0.1) is 0 Å². The zero-order chi connectivity index (χ0) is 16.8. The van der Waals surface area contributed by atoms with E-state index in [0.29, 0.717) is 24.8 Å². The fourth-order valence-electron chi connectivity index (χ4n) is 3.32. The maximum absolute atomic E-state index is 12.3. The molecule has 128 valence electrons. The van der Waals surface area contributed by atoms with Crippen LogP contribution in [-0.4, -0.2) is 28.8 Å². The number of nitrogens with zero attached hydrogens (tertiary/aromatic N) is 2. The smallest absolute Gasteiger partial charge is 0.224 e. The van der Waals surface area contributed by atoms with Gasteiger partial charge in [-0.3, -0.25) is 9.48 Å². The summed E-state index contributed by atoms with van der Waals surface area (Å²) in [4.78, 5) is 12.3. The number of aromatic nitrogens is 2. The van der Waals surface area contributed by atoms with Crippen LogP contribution in [0.2, 0.25) is 0 Å². The average Bonchev–Trinajstić information content (AvgIpc) is 3.03. The van der Waals surface area contributed by atoms with E-state index < -0.39 is 0 Å². The molecule has 1 saturated heterocycles. The minimum absolute atomic E-state index is 0.0762. The Morgan fingerprint density at radius 1 is 1.42 bits per heavy atom. The number of hydrogen-bond donors (Lipinski definition) is 2. The monoisotopic (exact) mass is 326 g/mol. The molecule has 0 bridgehead atoms. The molecule has 2 heterocycles. The summed E-state index contributed by atoms with van der Waals surface area (Å²) in [6.45, 7) is 5.02. The molecule has 0 saturated carbocycles. The van der Waals surface area contributed by atoms with Gasteiger partial charge in [-0.05, 0) is 43.3 Å². The van der Waals surface area contributed by atoms with Gasteiger partial charge >= 0.3 is 0 Å². The van der Waals surface area contributed by atoms with Crippen LogP contribution in [0.4, 0.5) is 5.69 Å². The van der Waals surface area contributed by atoms with Crippen LogP contribution >= 0.6 is 0 Å². The lowest BCUT2D eigenvalue weighted by atomic mass is 9.85. The second kappa shape index (κ2) is 8.11. The van der Waals surface area contributed by atoms with Crippen LogP contribution < -0.4 is 10.6 Å². The highest BCUT2D eigenvalue weighted by atomic mass is 16.1. The summed E-state index contributed by atoms with van der Waals surface area (Å²) < 4.78 is 1.85. The number of amides is 1. The lowest BCUT2D eigenvalue weighted by Gasteiger charge is -2.27. The van der Waals surface area contributed by atoms with Crippen molar-refractivity contribution < 1.29 is 4.79 Å². The summed E-state index contributed by atoms with van der Waals surface area (Å²) in [6.07, 6.45) is 6.60. The Hall–Kier alpha value is -2.14. The Balaban J connectivity index is 1.49. The Kier molecular flexibility index (Phi) is 5.64. The number of rotatable bonds is 6. The first-order valence-corrected chi connectivity index (χ1v) is 8.77. The van der Waals surface area contributed by atoms with E-state index in [9.17, 15) is 4.79 Å². The molecule has 0 radical (unpaired) electrons. The minimum atomic E-state index is 0.0762. The predicted molar refractivity (Wildman–Crippen MR) is 95.8 cm³/mol. The average molecular weight is 326 g/mol. The van der Waals surface area contributed by atoms with Crippen molar-refractivity contribution in [2.24, 2.45) is 11.8 Å². The summed E-state index contributed by atoms with van der Waals surface area (Å²) in [5.41, 5.74) is 1.96. The maximum Gasteiger partial charge on any atom is 0.224 e. The molecule has 1 aliphatic rings. The van der Waals surface area contributed by atoms with E-state index in [1.807, 2.05) is 29.1 Å². The Morgan fingerprint density at radius 3 is 3.00 bits per heavy atom. The lowest BCUT2D eigenvalue weighted by molar-refractivity contribution is -0.117. The van der Waals surface area contributed by atoms with Gasteiger partial charge in [0.15, 0.2) is 0 Å². The fraction of sp³-hybridized carbons (Fsp3) is 0.474. The normalized spacial score (nSPS) is 19.0. The number of anilines is 1. The van der Waals surface area contributed by atoms with Crippen molar-refractivity contribution in [2.45, 2.75) is 32.7 Å². The summed E-state index contributed by atoms with van der Waals surface area (Å²) in [7, 11) is 0. The molecule has 1 aromatic heterocycles. The quantitative estimate of drug-likeness (QED) is 0.858. The van der Waals surface area contributed by atoms with E-state index in [0.717, 1.165) is 18.8 Å². The summed E-state index contributed by atoms with van der Waals surface area (Å²) in [6, 6.07) is 10.2. The second-order valence-corrected chi connectivity index (χ2v) is 6.75. The number of piperidine rings is 1. The van der Waals surface area contributed by atoms with Crippen molar-refractivity contribution >= 4 is 11.6 Å². The molecule has 1 aromatic carbocycles. The standard InChI is InChI=1S/C19H26N4O/c1-15(17-8-5-9-20-11-17)10-19(24)22-18-12-21-23(14-18)13-16-6-3-2-4-7-16/h2-4,6-7,12,14-15,17,20H,5,8-11,13H2,1H3,(H,22,24). The van der Waals surface area contributed by atoms with E-state index in [2.05, 4.69) is 34.8 Å². The highest BCUT2D eigenvalue weighted by molar-refractivity contribution is 5.90. The van der Waals surface area contributed by atoms with E-state index in [-0.39, 0.29) is 5.91 Å². The van der Waals surface area contributed by atoms with Crippen LogP contribution in [-0.2, 0) is 11.3 Å². The van der Waals surface area contributed by atoms with Crippen molar-refractivity contribution in [2.75, 3.05) is 18.4 Å². The second-order valence-electron chi connectivity index (χ2n) is 6.75. The van der Waals surface area contributed by atoms with Gasteiger partial charge in [0.2, 0.25) is 5.91 Å². The molecule has 2 atom stereocenters. The molecular formula is C19H26N4O. The van der Waals surface area contributed by atoms with Crippen LogP contribution in [0, 0.1) is 11.8 Å². The van der Waals surface area contributed by atoms with Gasteiger partial charge in [0, 0.05) is 12.6 Å². The van der Waals surface area contributed by atoms with Crippen LogP contribution in [0.1, 0.15) is 31.7 Å². The van der Waals surface area contributed by atoms with Crippen molar-refractivity contribution in [3.05, 3.63) is 48.3 Å². The van der Waals surface area contributed by atoms with Crippen LogP contribution in [0.5, 0.6) is 0 Å². The van der Waals surface area contributed by atoms with Crippen molar-refractivity contribution in [1.29, 1.82) is 0 Å². The summed E-state index contributed by atoms with van der Waals surface area (Å²) >= 11 is 0. The molecule has 0 spiro atoms. The molecule has 2 N–H and O–H groups in total. The van der Waals surface area contributed by atoms with Crippen LogP contribution in [0.3, 0.4) is 0 Å². The van der Waals surface area contributed by atoms with Crippen molar-refractivity contribution in [3.8, 4) is 0 Å². The lowest BCUT2D eigenvalue weighted by Crippen LogP contribution is -2.34. The Morgan fingerprint density at radius 2 is 2.25 bits per heavy atom. The third kappa shape index (κ3) is 4.68. The molecule has 1 amide bonds. The fourth-order valence-corrected chi connectivity index (χ4v) is 3.32. The van der Waals surface area contributed by atoms with Gasteiger partial charge in [-0.1, -0.05) is 37.3 Å². The Bertz CT molecular complexity index is 646. The van der Waals surface area contributed by atoms with Gasteiger partial charge < -0.3 is 10.6 Å². The van der Waals surface area contributed by atoms with E-state index in [1.54, 1.807) is 6.20 Å². The molecule has 5 nitrogen and oxygen atoms in total. The first-order valence-electron chi connectivity index (χ1n) is 8.77. The molecular weight excluding hydrogens is 300 g/mol. The third-order valence-electron chi connectivity index (χ3n) is 4.75. The SMILES string of the molecule is CC(CC(=O)Nc1cnn(Cc2ccccc2)c1)C1CCCNC1. The van der Waals surface area contributed by atoms with E-state index in [4.69, 9.17) is 0 Å². The first kappa shape index (κ1) is 16.7. The highest BCUT2D eigenvalue weighted by Gasteiger charge is 2.22. The largest absolute Gasteiger partial charge is 0.323 e. The van der Waals surface area contributed by atoms with Crippen LogP contribution in [0.25, 0.3) is 0 Å². The number of carbonyl (C=O) groups is 1. The molecule has 0 aliphatic carbocycles. The molecule has 2 aromatic rings. The number of benzene rings is 1. The highest BCUT2D eigenvalue weighted by Crippen LogP contribution is 2.23. The zero-order valence-electron chi connectivity index (χ0n) is 14.2. The molecule has 1 aliphatic heterocycles. The summed E-state index contributed by atoms with van der Waals surface area (Å²) in [5, 5.41) is 10.7. The zero-order valence-corrected chi connectivity index (χ0v) is 14.2. The number of carbonyl (C=O) groups excluding carboxylic acids is 1. The van der Waals surface area contributed by atoms with Crippen molar-refractivity contribution in [3.63, 3.8) is 0 Å². The predicted octanol–water partition coefficient (Wildman–Crippen LogP) is 2.90. The van der Waals surface area contributed by atoms with Crippen LogP contribution in [0.15, 0.2) is 42.7 Å². The Labute approximate surface area is 143 Å². The topological polar surface area (TPSA) is 59.0 Å². The van der Waals surface area contributed by atoms with Gasteiger partial charge in [-0.25, -0.2) is 0 Å². The molecule has 24 heavy (non-hydrogen) atoms. The van der Waals surface area contributed by atoms with Gasteiger partial charge in [-0.2, -0.15) is 5.10 Å².